The number of ether oxygens (including phenoxy) is 1. The summed E-state index contributed by atoms with van der Waals surface area (Å²) in [6.07, 6.45) is 1.41. The van der Waals surface area contributed by atoms with E-state index in [1.165, 1.54) is 30.3 Å². The number of nitrogens with one attached hydrogen (secondary N) is 3. The smallest absolute Gasteiger partial charge is 0.276 e. The lowest BCUT2D eigenvalue weighted by Gasteiger charge is -2.11. The fraction of sp³-hybridized carbons (Fsp3) is 0.200. The van der Waals surface area contributed by atoms with Crippen LogP contribution in [0.2, 0.25) is 0 Å². The number of carbonyl (C=O) groups excluding carboxylic acids is 2. The Morgan fingerprint density at radius 3 is 2.41 bits per heavy atom. The first kappa shape index (κ1) is 22.1. The van der Waals surface area contributed by atoms with E-state index in [4.69, 9.17) is 4.74 Å². The first-order chi connectivity index (χ1) is 13.7. The van der Waals surface area contributed by atoms with Crippen molar-refractivity contribution in [1.82, 2.24) is 15.6 Å². The van der Waals surface area contributed by atoms with Gasteiger partial charge in [-0.3, -0.25) is 20.4 Å². The summed E-state index contributed by atoms with van der Waals surface area (Å²) in [6, 6.07) is 11.0. The molecule has 0 heterocycles. The summed E-state index contributed by atoms with van der Waals surface area (Å²) in [5, 5.41) is 0. The summed E-state index contributed by atoms with van der Waals surface area (Å²) < 4.78 is 32.0. The average molecular weight is 417 g/mol. The van der Waals surface area contributed by atoms with E-state index in [1.807, 2.05) is 19.9 Å². The third-order valence-electron chi connectivity index (χ3n) is 3.70. The van der Waals surface area contributed by atoms with E-state index in [1.54, 1.807) is 12.1 Å². The quantitative estimate of drug-likeness (QED) is 0.446. The zero-order chi connectivity index (χ0) is 21.4. The highest BCUT2D eigenvalue weighted by molar-refractivity contribution is 7.89. The second-order valence-corrected chi connectivity index (χ2v) is 8.05. The number of benzene rings is 2. The van der Waals surface area contributed by atoms with Gasteiger partial charge < -0.3 is 4.74 Å². The van der Waals surface area contributed by atoms with Crippen molar-refractivity contribution in [2.24, 2.45) is 0 Å². The lowest BCUT2D eigenvalue weighted by atomic mass is 10.1. The maximum absolute atomic E-state index is 12.2. The van der Waals surface area contributed by atoms with Crippen molar-refractivity contribution < 1.29 is 22.7 Å². The molecule has 2 rings (SSSR count). The summed E-state index contributed by atoms with van der Waals surface area (Å²) >= 11 is 0. The SMILES string of the molecule is C=CCNS(=O)(=O)c1cccc(C(=O)NNC(=O)COc2cc(C)cc(C)c2)c1. The molecule has 0 unspecified atom stereocenters. The summed E-state index contributed by atoms with van der Waals surface area (Å²) in [6.45, 7) is 7.06. The molecule has 9 heteroatoms. The highest BCUT2D eigenvalue weighted by atomic mass is 32.2. The summed E-state index contributed by atoms with van der Waals surface area (Å²) in [5.74, 6) is -0.673. The van der Waals surface area contributed by atoms with Crippen molar-refractivity contribution in [2.45, 2.75) is 18.7 Å². The first-order valence-corrected chi connectivity index (χ1v) is 10.2. The Balaban J connectivity index is 1.92. The van der Waals surface area contributed by atoms with Gasteiger partial charge in [-0.15, -0.1) is 6.58 Å². The number of carbonyl (C=O) groups is 2. The lowest BCUT2D eigenvalue weighted by molar-refractivity contribution is -0.123. The average Bonchev–Trinajstić information content (AvgIpc) is 2.68. The van der Waals surface area contributed by atoms with Crippen LogP contribution in [0.25, 0.3) is 0 Å². The van der Waals surface area contributed by atoms with Crippen molar-refractivity contribution in [3.8, 4) is 5.75 Å². The molecule has 0 atom stereocenters. The van der Waals surface area contributed by atoms with Gasteiger partial charge in [0, 0.05) is 12.1 Å². The molecule has 0 saturated carbocycles. The molecule has 2 aromatic carbocycles. The van der Waals surface area contributed by atoms with Crippen molar-refractivity contribution in [1.29, 1.82) is 0 Å². The summed E-state index contributed by atoms with van der Waals surface area (Å²) in [5.41, 5.74) is 6.54. The molecule has 8 nitrogen and oxygen atoms in total. The van der Waals surface area contributed by atoms with Crippen LogP contribution >= 0.6 is 0 Å². The number of hydrazine groups is 1. The molecule has 0 aliphatic rings. The maximum atomic E-state index is 12.2. The Hall–Kier alpha value is -3.17. The topological polar surface area (TPSA) is 114 Å². The molecule has 0 aromatic heterocycles. The molecule has 0 fully saturated rings. The van der Waals surface area contributed by atoms with Gasteiger partial charge in [-0.25, -0.2) is 13.1 Å². The minimum absolute atomic E-state index is 0.0648. The molecular formula is C20H23N3O5S. The monoisotopic (exact) mass is 417 g/mol. The Morgan fingerprint density at radius 2 is 1.76 bits per heavy atom. The minimum Gasteiger partial charge on any atom is -0.484 e. The second-order valence-electron chi connectivity index (χ2n) is 6.28. The van der Waals surface area contributed by atoms with Crippen molar-refractivity contribution >= 4 is 21.8 Å². The van der Waals surface area contributed by atoms with Gasteiger partial charge in [0.1, 0.15) is 5.75 Å². The molecule has 154 valence electrons. The molecule has 0 aliphatic carbocycles. The molecule has 0 bridgehead atoms. The molecule has 0 spiro atoms. The number of amides is 2. The first-order valence-electron chi connectivity index (χ1n) is 8.72. The van der Waals surface area contributed by atoms with Crippen LogP contribution in [0.15, 0.2) is 60.0 Å². The molecule has 0 radical (unpaired) electrons. The summed E-state index contributed by atoms with van der Waals surface area (Å²) in [4.78, 5) is 24.0. The number of aryl methyl sites for hydroxylation is 2. The molecule has 3 N–H and O–H groups in total. The van der Waals surface area contributed by atoms with Crippen LogP contribution in [0, 0.1) is 13.8 Å². The zero-order valence-corrected chi connectivity index (χ0v) is 17.0. The Morgan fingerprint density at radius 1 is 1.07 bits per heavy atom. The van der Waals surface area contributed by atoms with Crippen molar-refractivity contribution in [3.63, 3.8) is 0 Å². The van der Waals surface area contributed by atoms with Gasteiger partial charge in [-0.1, -0.05) is 18.2 Å². The number of hydrogen-bond acceptors (Lipinski definition) is 5. The Kier molecular flexibility index (Phi) is 7.52. The molecule has 29 heavy (non-hydrogen) atoms. The van der Waals surface area contributed by atoms with E-state index in [0.717, 1.165) is 11.1 Å². The highest BCUT2D eigenvalue weighted by Gasteiger charge is 2.16. The van der Waals surface area contributed by atoms with E-state index in [9.17, 15) is 18.0 Å². The van der Waals surface area contributed by atoms with E-state index in [0.29, 0.717) is 5.75 Å². The lowest BCUT2D eigenvalue weighted by Crippen LogP contribution is -2.43. The van der Waals surface area contributed by atoms with Crippen molar-refractivity contribution in [2.75, 3.05) is 13.2 Å². The third-order valence-corrected chi connectivity index (χ3v) is 5.13. The van der Waals surface area contributed by atoms with Gasteiger partial charge in [-0.2, -0.15) is 0 Å². The van der Waals surface area contributed by atoms with E-state index >= 15 is 0 Å². The Bertz CT molecular complexity index is 998. The Labute approximate surface area is 170 Å². The van der Waals surface area contributed by atoms with E-state index in [2.05, 4.69) is 22.2 Å². The number of rotatable bonds is 8. The fourth-order valence-corrected chi connectivity index (χ4v) is 3.50. The van der Waals surface area contributed by atoms with Gasteiger partial charge in [0.2, 0.25) is 10.0 Å². The fourth-order valence-electron chi connectivity index (χ4n) is 2.46. The van der Waals surface area contributed by atoms with Gasteiger partial charge in [-0.05, 0) is 55.3 Å². The van der Waals surface area contributed by atoms with Crippen LogP contribution in [0.1, 0.15) is 21.5 Å². The normalized spacial score (nSPS) is 10.8. The third kappa shape index (κ3) is 6.74. The number of sulfonamides is 1. The van der Waals surface area contributed by atoms with Gasteiger partial charge in [0.25, 0.3) is 11.8 Å². The molecule has 2 amide bonds. The standard InChI is InChI=1S/C20H23N3O5S/c1-4-8-21-29(26,27)18-7-5-6-16(12-18)20(25)23-22-19(24)13-28-17-10-14(2)9-15(3)11-17/h4-7,9-12,21H,1,8,13H2,2-3H3,(H,22,24)(H,23,25). The zero-order valence-electron chi connectivity index (χ0n) is 16.2. The highest BCUT2D eigenvalue weighted by Crippen LogP contribution is 2.16. The minimum atomic E-state index is -3.76. The van der Waals surface area contributed by atoms with Crippen molar-refractivity contribution in [3.05, 3.63) is 71.8 Å². The van der Waals surface area contributed by atoms with Gasteiger partial charge in [0.05, 0.1) is 4.90 Å². The van der Waals surface area contributed by atoms with Gasteiger partial charge >= 0.3 is 0 Å². The van der Waals surface area contributed by atoms with Crippen LogP contribution in [-0.2, 0) is 14.8 Å². The predicted molar refractivity (Wildman–Crippen MR) is 109 cm³/mol. The van der Waals surface area contributed by atoms with Crippen LogP contribution in [-0.4, -0.2) is 33.4 Å². The largest absolute Gasteiger partial charge is 0.484 e. The second kappa shape index (κ2) is 9.85. The van der Waals surface area contributed by atoms with Gasteiger partial charge in [0.15, 0.2) is 6.61 Å². The maximum Gasteiger partial charge on any atom is 0.276 e. The molecular weight excluding hydrogens is 394 g/mol. The van der Waals surface area contributed by atoms with E-state index < -0.39 is 21.8 Å². The number of hydrogen-bond donors (Lipinski definition) is 3. The van der Waals surface area contributed by atoms with Crippen LogP contribution in [0.4, 0.5) is 0 Å². The molecule has 2 aromatic rings. The van der Waals surface area contributed by atoms with Crippen LogP contribution in [0.3, 0.4) is 0 Å². The van der Waals surface area contributed by atoms with Crippen LogP contribution in [0.5, 0.6) is 5.75 Å². The molecule has 0 saturated heterocycles. The molecule has 0 aliphatic heterocycles. The van der Waals surface area contributed by atoms with Crippen LogP contribution < -0.4 is 20.3 Å². The summed E-state index contributed by atoms with van der Waals surface area (Å²) in [7, 11) is -3.76. The van der Waals surface area contributed by atoms with E-state index in [-0.39, 0.29) is 23.6 Å². The predicted octanol–water partition coefficient (Wildman–Crippen LogP) is 1.61.